The number of rotatable bonds is 3. The average molecular weight is 300 g/mol. The lowest BCUT2D eigenvalue weighted by atomic mass is 10.2. The van der Waals surface area contributed by atoms with Gasteiger partial charge in [0.15, 0.2) is 0 Å². The molecule has 1 aromatic rings. The van der Waals surface area contributed by atoms with Crippen LogP contribution >= 0.6 is 23.4 Å². The van der Waals surface area contributed by atoms with E-state index in [1.165, 1.54) is 6.07 Å². The molecule has 2 rings (SSSR count). The number of hydrogen-bond acceptors (Lipinski definition) is 4. The summed E-state index contributed by atoms with van der Waals surface area (Å²) in [5, 5.41) is 6.17. The Kier molecular flexibility index (Phi) is 4.68. The van der Waals surface area contributed by atoms with Crippen LogP contribution in [-0.2, 0) is 4.79 Å². The number of primary amides is 1. The molecule has 0 aromatic heterocycles. The lowest BCUT2D eigenvalue weighted by Crippen LogP contribution is -2.46. The molecule has 4 N–H and O–H groups in total. The molecule has 19 heavy (non-hydrogen) atoms. The SMILES string of the molecule is NC(=O)c1cc(NC(=O)C2CSCCN2)ccc1Cl. The maximum absolute atomic E-state index is 12.0. The predicted molar refractivity (Wildman–Crippen MR) is 77.7 cm³/mol. The molecule has 1 atom stereocenters. The number of carbonyl (C=O) groups is 2. The average Bonchev–Trinajstić information content (AvgIpc) is 2.41. The van der Waals surface area contributed by atoms with Crippen molar-refractivity contribution in [2.75, 3.05) is 23.4 Å². The van der Waals surface area contributed by atoms with Crippen molar-refractivity contribution >= 4 is 40.9 Å². The molecule has 0 saturated carbocycles. The lowest BCUT2D eigenvalue weighted by molar-refractivity contribution is -0.117. The summed E-state index contributed by atoms with van der Waals surface area (Å²) in [5.41, 5.74) is 5.92. The van der Waals surface area contributed by atoms with Crippen molar-refractivity contribution < 1.29 is 9.59 Å². The molecule has 0 spiro atoms. The van der Waals surface area contributed by atoms with Gasteiger partial charge in [-0.15, -0.1) is 0 Å². The van der Waals surface area contributed by atoms with Crippen LogP contribution in [0.15, 0.2) is 18.2 Å². The van der Waals surface area contributed by atoms with E-state index in [9.17, 15) is 9.59 Å². The highest BCUT2D eigenvalue weighted by Crippen LogP contribution is 2.20. The Bertz CT molecular complexity index is 504. The molecule has 1 unspecified atom stereocenters. The molecule has 1 aliphatic rings. The second-order valence-corrected chi connectivity index (χ2v) is 5.69. The highest BCUT2D eigenvalue weighted by Gasteiger charge is 2.21. The maximum Gasteiger partial charge on any atom is 0.250 e. The molecule has 5 nitrogen and oxygen atoms in total. The molecule has 2 amide bonds. The molecule has 1 saturated heterocycles. The number of benzene rings is 1. The number of nitrogens with one attached hydrogen (secondary N) is 2. The van der Waals surface area contributed by atoms with Gasteiger partial charge in [0.2, 0.25) is 11.8 Å². The third-order valence-electron chi connectivity index (χ3n) is 2.74. The van der Waals surface area contributed by atoms with Gasteiger partial charge in [-0.1, -0.05) is 11.6 Å². The lowest BCUT2D eigenvalue weighted by Gasteiger charge is -2.22. The third kappa shape index (κ3) is 3.62. The van der Waals surface area contributed by atoms with E-state index in [0.29, 0.717) is 5.69 Å². The van der Waals surface area contributed by atoms with Crippen molar-refractivity contribution in [3.63, 3.8) is 0 Å². The Morgan fingerprint density at radius 1 is 1.47 bits per heavy atom. The maximum atomic E-state index is 12.0. The Morgan fingerprint density at radius 3 is 2.89 bits per heavy atom. The third-order valence-corrected chi connectivity index (χ3v) is 4.13. The Balaban J connectivity index is 2.08. The van der Waals surface area contributed by atoms with Gasteiger partial charge >= 0.3 is 0 Å². The fourth-order valence-corrected chi connectivity index (χ4v) is 2.90. The fraction of sp³-hybridized carbons (Fsp3) is 0.333. The van der Waals surface area contributed by atoms with E-state index < -0.39 is 5.91 Å². The van der Waals surface area contributed by atoms with Crippen LogP contribution in [0.25, 0.3) is 0 Å². The smallest absolute Gasteiger partial charge is 0.250 e. The number of carbonyl (C=O) groups excluding carboxylic acids is 2. The summed E-state index contributed by atoms with van der Waals surface area (Å²) in [6, 6.07) is 4.45. The monoisotopic (exact) mass is 299 g/mol. The Hall–Kier alpha value is -1.24. The second kappa shape index (κ2) is 6.27. The standard InChI is InChI=1S/C12H14ClN3O2S/c13-9-2-1-7(5-8(9)11(14)17)16-12(18)10-6-19-4-3-15-10/h1-2,5,10,15H,3-4,6H2,(H2,14,17)(H,16,18). The van der Waals surface area contributed by atoms with Gasteiger partial charge in [0.25, 0.3) is 0 Å². The predicted octanol–water partition coefficient (Wildman–Crippen LogP) is 1.08. The summed E-state index contributed by atoms with van der Waals surface area (Å²) < 4.78 is 0. The first-order chi connectivity index (χ1) is 9.08. The van der Waals surface area contributed by atoms with Crippen molar-refractivity contribution in [2.45, 2.75) is 6.04 Å². The van der Waals surface area contributed by atoms with E-state index in [4.69, 9.17) is 17.3 Å². The molecule has 1 aliphatic heterocycles. The first-order valence-electron chi connectivity index (χ1n) is 5.79. The van der Waals surface area contributed by atoms with Crippen LogP contribution in [0.4, 0.5) is 5.69 Å². The van der Waals surface area contributed by atoms with Crippen LogP contribution in [0, 0.1) is 0 Å². The minimum Gasteiger partial charge on any atom is -0.366 e. The second-order valence-electron chi connectivity index (χ2n) is 4.13. The van der Waals surface area contributed by atoms with Crippen molar-refractivity contribution in [2.24, 2.45) is 5.73 Å². The van der Waals surface area contributed by atoms with Crippen molar-refractivity contribution in [3.05, 3.63) is 28.8 Å². The first kappa shape index (κ1) is 14.2. The molecule has 1 fully saturated rings. The van der Waals surface area contributed by atoms with Gasteiger partial charge in [-0.2, -0.15) is 11.8 Å². The fourth-order valence-electron chi connectivity index (χ4n) is 1.76. The molecular weight excluding hydrogens is 286 g/mol. The summed E-state index contributed by atoms with van der Waals surface area (Å²) in [6.07, 6.45) is 0. The molecule has 7 heteroatoms. The van der Waals surface area contributed by atoms with Gasteiger partial charge in [-0.05, 0) is 18.2 Å². The molecule has 0 bridgehead atoms. The molecule has 102 valence electrons. The van der Waals surface area contributed by atoms with E-state index in [1.54, 1.807) is 23.9 Å². The summed E-state index contributed by atoms with van der Waals surface area (Å²) >= 11 is 7.58. The van der Waals surface area contributed by atoms with E-state index in [0.717, 1.165) is 18.1 Å². The van der Waals surface area contributed by atoms with Gasteiger partial charge in [0.1, 0.15) is 0 Å². The number of amides is 2. The highest BCUT2D eigenvalue weighted by molar-refractivity contribution is 7.99. The quantitative estimate of drug-likeness (QED) is 0.780. The Labute approximate surface area is 120 Å². The van der Waals surface area contributed by atoms with Gasteiger partial charge < -0.3 is 16.4 Å². The molecule has 0 radical (unpaired) electrons. The number of thioether (sulfide) groups is 1. The summed E-state index contributed by atoms with van der Waals surface area (Å²) in [5.74, 6) is 1.01. The molecular formula is C12H14ClN3O2S. The highest BCUT2D eigenvalue weighted by atomic mass is 35.5. The number of hydrogen-bond donors (Lipinski definition) is 3. The summed E-state index contributed by atoms with van der Waals surface area (Å²) in [4.78, 5) is 23.2. The minimum atomic E-state index is -0.618. The van der Waals surface area contributed by atoms with E-state index >= 15 is 0 Å². The van der Waals surface area contributed by atoms with Crippen LogP contribution in [0.2, 0.25) is 5.02 Å². The Morgan fingerprint density at radius 2 is 2.26 bits per heavy atom. The molecule has 0 aliphatic carbocycles. The van der Waals surface area contributed by atoms with E-state index in [1.807, 2.05) is 0 Å². The minimum absolute atomic E-state index is 0.120. The van der Waals surface area contributed by atoms with Crippen LogP contribution < -0.4 is 16.4 Å². The molecule has 1 heterocycles. The summed E-state index contributed by atoms with van der Waals surface area (Å²) in [6.45, 7) is 0.815. The zero-order valence-corrected chi connectivity index (χ0v) is 11.7. The zero-order chi connectivity index (χ0) is 13.8. The molecule has 1 aromatic carbocycles. The summed E-state index contributed by atoms with van der Waals surface area (Å²) in [7, 11) is 0. The number of halogens is 1. The van der Waals surface area contributed by atoms with Crippen LogP contribution in [0.5, 0.6) is 0 Å². The number of nitrogens with two attached hydrogens (primary N) is 1. The topological polar surface area (TPSA) is 84.2 Å². The zero-order valence-electron chi connectivity index (χ0n) is 10.1. The van der Waals surface area contributed by atoms with E-state index in [2.05, 4.69) is 10.6 Å². The van der Waals surface area contributed by atoms with Crippen molar-refractivity contribution in [1.82, 2.24) is 5.32 Å². The van der Waals surface area contributed by atoms with Crippen molar-refractivity contribution in [1.29, 1.82) is 0 Å². The largest absolute Gasteiger partial charge is 0.366 e. The number of anilines is 1. The van der Waals surface area contributed by atoms with Crippen LogP contribution in [0.3, 0.4) is 0 Å². The van der Waals surface area contributed by atoms with Crippen LogP contribution in [0.1, 0.15) is 10.4 Å². The van der Waals surface area contributed by atoms with Crippen LogP contribution in [-0.4, -0.2) is 35.9 Å². The first-order valence-corrected chi connectivity index (χ1v) is 7.32. The normalized spacial score (nSPS) is 18.9. The van der Waals surface area contributed by atoms with Gasteiger partial charge in [0.05, 0.1) is 16.6 Å². The van der Waals surface area contributed by atoms with Gasteiger partial charge in [-0.3, -0.25) is 9.59 Å². The van der Waals surface area contributed by atoms with E-state index in [-0.39, 0.29) is 22.5 Å². The van der Waals surface area contributed by atoms with Crippen molar-refractivity contribution in [3.8, 4) is 0 Å². The van der Waals surface area contributed by atoms with Gasteiger partial charge in [-0.25, -0.2) is 0 Å². The van der Waals surface area contributed by atoms with Gasteiger partial charge in [0, 0.05) is 23.7 Å².